The average Bonchev–Trinajstić information content (AvgIpc) is 2.84. The zero-order valence-corrected chi connectivity index (χ0v) is 12.8. The van der Waals surface area contributed by atoms with Crippen molar-refractivity contribution in [2.75, 3.05) is 13.1 Å². The Morgan fingerprint density at radius 2 is 1.86 bits per heavy atom. The van der Waals surface area contributed by atoms with Crippen LogP contribution in [-0.2, 0) is 12.7 Å². The Labute approximate surface area is 124 Å². The molecule has 21 heavy (non-hydrogen) atoms. The minimum Gasteiger partial charge on any atom is -0.309 e. The summed E-state index contributed by atoms with van der Waals surface area (Å²) in [4.78, 5) is 2.36. The van der Waals surface area contributed by atoms with Crippen molar-refractivity contribution in [2.24, 2.45) is 0 Å². The van der Waals surface area contributed by atoms with Crippen LogP contribution in [0.4, 0.5) is 13.2 Å². The maximum atomic E-state index is 12.9. The summed E-state index contributed by atoms with van der Waals surface area (Å²) < 4.78 is 38.8. The first kappa shape index (κ1) is 16.3. The van der Waals surface area contributed by atoms with Gasteiger partial charge in [0.1, 0.15) is 0 Å². The average molecular weight is 300 g/mol. The van der Waals surface area contributed by atoms with Crippen LogP contribution in [0.5, 0.6) is 0 Å². The number of nitrogens with one attached hydrogen (secondary N) is 1. The Morgan fingerprint density at radius 1 is 1.19 bits per heavy atom. The molecule has 1 aliphatic heterocycles. The van der Waals surface area contributed by atoms with Crippen molar-refractivity contribution in [3.8, 4) is 0 Å². The number of benzene rings is 1. The lowest BCUT2D eigenvalue weighted by molar-refractivity contribution is -0.138. The molecule has 1 aliphatic rings. The van der Waals surface area contributed by atoms with Crippen LogP contribution in [0, 0.1) is 0 Å². The van der Waals surface area contributed by atoms with Gasteiger partial charge in [-0.3, -0.25) is 4.90 Å². The van der Waals surface area contributed by atoms with Crippen molar-refractivity contribution < 1.29 is 13.2 Å². The van der Waals surface area contributed by atoms with Crippen molar-refractivity contribution in [2.45, 2.75) is 51.5 Å². The van der Waals surface area contributed by atoms with E-state index in [-0.39, 0.29) is 18.1 Å². The molecule has 0 spiro atoms. The van der Waals surface area contributed by atoms with Crippen molar-refractivity contribution >= 4 is 0 Å². The second kappa shape index (κ2) is 5.97. The first-order valence-corrected chi connectivity index (χ1v) is 7.31. The Balaban J connectivity index is 1.96. The van der Waals surface area contributed by atoms with Crippen LogP contribution in [0.2, 0.25) is 0 Å². The summed E-state index contributed by atoms with van der Waals surface area (Å²) in [5.41, 5.74) is -0.109. The minimum absolute atomic E-state index is 0.111. The van der Waals surface area contributed by atoms with Crippen LogP contribution in [0.3, 0.4) is 0 Å². The summed E-state index contributed by atoms with van der Waals surface area (Å²) in [7, 11) is 0. The van der Waals surface area contributed by atoms with E-state index < -0.39 is 11.7 Å². The molecule has 1 atom stereocenters. The SMILES string of the molecule is CC(C)(C)N1CC[C@H](NCc2ccccc2C(F)(F)F)C1. The lowest BCUT2D eigenvalue weighted by Crippen LogP contribution is -2.42. The molecule has 0 radical (unpaired) electrons. The molecular weight excluding hydrogens is 277 g/mol. The fraction of sp³-hybridized carbons (Fsp3) is 0.625. The van der Waals surface area contributed by atoms with Crippen LogP contribution < -0.4 is 5.32 Å². The molecule has 0 saturated carbocycles. The number of rotatable bonds is 3. The van der Waals surface area contributed by atoms with Gasteiger partial charge in [-0.05, 0) is 38.8 Å². The lowest BCUT2D eigenvalue weighted by Gasteiger charge is -2.31. The van der Waals surface area contributed by atoms with Gasteiger partial charge in [0.2, 0.25) is 0 Å². The van der Waals surface area contributed by atoms with Gasteiger partial charge in [0.25, 0.3) is 0 Å². The smallest absolute Gasteiger partial charge is 0.309 e. The number of hydrogen-bond donors (Lipinski definition) is 1. The van der Waals surface area contributed by atoms with E-state index in [1.165, 1.54) is 6.07 Å². The largest absolute Gasteiger partial charge is 0.416 e. The molecule has 1 aromatic rings. The molecule has 0 aliphatic carbocycles. The molecule has 1 aromatic carbocycles. The van der Waals surface area contributed by atoms with E-state index in [1.807, 2.05) is 0 Å². The number of halogens is 3. The maximum Gasteiger partial charge on any atom is 0.416 e. The van der Waals surface area contributed by atoms with E-state index in [4.69, 9.17) is 0 Å². The van der Waals surface area contributed by atoms with E-state index in [1.54, 1.807) is 12.1 Å². The van der Waals surface area contributed by atoms with Crippen LogP contribution in [0.1, 0.15) is 38.3 Å². The van der Waals surface area contributed by atoms with Gasteiger partial charge in [-0.1, -0.05) is 18.2 Å². The Hall–Kier alpha value is -1.07. The predicted octanol–water partition coefficient (Wildman–Crippen LogP) is 3.67. The van der Waals surface area contributed by atoms with Gasteiger partial charge in [0, 0.05) is 31.2 Å². The first-order valence-electron chi connectivity index (χ1n) is 7.31. The molecule has 0 aromatic heterocycles. The Morgan fingerprint density at radius 3 is 2.43 bits per heavy atom. The van der Waals surface area contributed by atoms with Crippen molar-refractivity contribution in [3.63, 3.8) is 0 Å². The van der Waals surface area contributed by atoms with Crippen molar-refractivity contribution in [3.05, 3.63) is 35.4 Å². The molecule has 1 heterocycles. The number of hydrogen-bond acceptors (Lipinski definition) is 2. The molecule has 1 fully saturated rings. The van der Waals surface area contributed by atoms with Gasteiger partial charge < -0.3 is 5.32 Å². The third kappa shape index (κ3) is 4.20. The highest BCUT2D eigenvalue weighted by molar-refractivity contribution is 5.29. The van der Waals surface area contributed by atoms with E-state index in [0.29, 0.717) is 5.56 Å². The second-order valence-corrected chi connectivity index (χ2v) is 6.64. The first-order chi connectivity index (χ1) is 9.68. The standard InChI is InChI=1S/C16H23F3N2/c1-15(2,3)21-9-8-13(11-21)20-10-12-6-4-5-7-14(12)16(17,18)19/h4-7,13,20H,8-11H2,1-3H3/t13-/m0/s1. The zero-order chi connectivity index (χ0) is 15.7. The summed E-state index contributed by atoms with van der Waals surface area (Å²) >= 11 is 0. The van der Waals surface area contributed by atoms with Crippen LogP contribution in [-0.4, -0.2) is 29.6 Å². The second-order valence-electron chi connectivity index (χ2n) is 6.64. The highest BCUT2D eigenvalue weighted by atomic mass is 19.4. The predicted molar refractivity (Wildman–Crippen MR) is 78.0 cm³/mol. The molecule has 1 N–H and O–H groups in total. The normalized spacial score (nSPS) is 21.0. The third-order valence-electron chi connectivity index (χ3n) is 4.04. The van der Waals surface area contributed by atoms with Gasteiger partial charge >= 0.3 is 6.18 Å². The number of nitrogens with zero attached hydrogens (tertiary/aromatic N) is 1. The molecular formula is C16H23F3N2. The molecule has 1 saturated heterocycles. The monoisotopic (exact) mass is 300 g/mol. The molecule has 0 amide bonds. The van der Waals surface area contributed by atoms with E-state index >= 15 is 0 Å². The molecule has 0 unspecified atom stereocenters. The summed E-state index contributed by atoms with van der Waals surface area (Å²) in [5.74, 6) is 0. The van der Waals surface area contributed by atoms with Gasteiger partial charge in [0.15, 0.2) is 0 Å². The Kier molecular flexibility index (Phi) is 4.63. The molecule has 118 valence electrons. The molecule has 2 rings (SSSR count). The van der Waals surface area contributed by atoms with Gasteiger partial charge in [-0.25, -0.2) is 0 Å². The fourth-order valence-electron chi connectivity index (χ4n) is 2.74. The quantitative estimate of drug-likeness (QED) is 0.916. The zero-order valence-electron chi connectivity index (χ0n) is 12.8. The van der Waals surface area contributed by atoms with E-state index in [2.05, 4.69) is 31.0 Å². The summed E-state index contributed by atoms with van der Waals surface area (Å²) in [6.07, 6.45) is -3.31. The summed E-state index contributed by atoms with van der Waals surface area (Å²) in [5, 5.41) is 3.27. The molecule has 2 nitrogen and oxygen atoms in total. The lowest BCUT2D eigenvalue weighted by atomic mass is 10.1. The van der Waals surface area contributed by atoms with Crippen LogP contribution in [0.15, 0.2) is 24.3 Å². The third-order valence-corrected chi connectivity index (χ3v) is 4.04. The van der Waals surface area contributed by atoms with Gasteiger partial charge in [0.05, 0.1) is 5.56 Å². The Bertz CT molecular complexity index is 477. The van der Waals surface area contributed by atoms with Gasteiger partial charge in [-0.15, -0.1) is 0 Å². The summed E-state index contributed by atoms with van der Waals surface area (Å²) in [6.45, 7) is 8.62. The molecule has 0 bridgehead atoms. The highest BCUT2D eigenvalue weighted by Crippen LogP contribution is 2.32. The summed E-state index contributed by atoms with van der Waals surface area (Å²) in [6, 6.07) is 6.04. The van der Waals surface area contributed by atoms with Crippen molar-refractivity contribution in [1.29, 1.82) is 0 Å². The van der Waals surface area contributed by atoms with Crippen LogP contribution >= 0.6 is 0 Å². The topological polar surface area (TPSA) is 15.3 Å². The highest BCUT2D eigenvalue weighted by Gasteiger charge is 2.33. The number of likely N-dealkylation sites (tertiary alicyclic amines) is 1. The van der Waals surface area contributed by atoms with E-state index in [9.17, 15) is 13.2 Å². The minimum atomic E-state index is -4.29. The van der Waals surface area contributed by atoms with E-state index in [0.717, 1.165) is 25.6 Å². The van der Waals surface area contributed by atoms with Crippen LogP contribution in [0.25, 0.3) is 0 Å². The number of alkyl halides is 3. The maximum absolute atomic E-state index is 12.9. The fourth-order valence-corrected chi connectivity index (χ4v) is 2.74. The van der Waals surface area contributed by atoms with Gasteiger partial charge in [-0.2, -0.15) is 13.2 Å². The van der Waals surface area contributed by atoms with Crippen molar-refractivity contribution in [1.82, 2.24) is 10.2 Å². The molecule has 5 heteroatoms.